The molecule has 0 spiro atoms. The van der Waals surface area contributed by atoms with Gasteiger partial charge in [0, 0.05) is 32.1 Å². The number of hydrogen-bond donors (Lipinski definition) is 4. The van der Waals surface area contributed by atoms with E-state index in [4.69, 9.17) is 5.84 Å². The van der Waals surface area contributed by atoms with Crippen LogP contribution in [0.1, 0.15) is 17.3 Å². The van der Waals surface area contributed by atoms with Crippen molar-refractivity contribution < 1.29 is 14.5 Å². The molecule has 0 saturated carbocycles. The van der Waals surface area contributed by atoms with Gasteiger partial charge < -0.3 is 16.1 Å². The smallest absolute Gasteiger partial charge is 0.270 e. The Morgan fingerprint density at radius 3 is 2.50 bits per heavy atom. The summed E-state index contributed by atoms with van der Waals surface area (Å²) in [6.45, 7) is 1.82. The lowest BCUT2D eigenvalue weighted by molar-refractivity contribution is -0.384. The van der Waals surface area contributed by atoms with Crippen molar-refractivity contribution >= 4 is 23.2 Å². The first kappa shape index (κ1) is 15.4. The Kier molecular flexibility index (Phi) is 5.42. The second kappa shape index (κ2) is 7.04. The number of nitrogens with one attached hydrogen (secondary N) is 3. The molecule has 20 heavy (non-hydrogen) atoms. The minimum atomic E-state index is -0.603. The molecule has 0 atom stereocenters. The Morgan fingerprint density at radius 1 is 1.30 bits per heavy atom. The molecule has 9 heteroatoms. The molecule has 2 amide bonds. The number of amides is 2. The molecule has 0 radical (unpaired) electrons. The molecule has 1 aromatic carbocycles. The number of carbonyl (C=O) groups is 2. The summed E-state index contributed by atoms with van der Waals surface area (Å²) in [6, 6.07) is 3.72. The first-order chi connectivity index (χ1) is 9.45. The molecule has 5 N–H and O–H groups in total. The normalized spacial score (nSPS) is 9.70. The van der Waals surface area contributed by atoms with Gasteiger partial charge in [0.2, 0.25) is 5.91 Å². The van der Waals surface area contributed by atoms with Crippen LogP contribution in [-0.4, -0.2) is 29.8 Å². The van der Waals surface area contributed by atoms with Crippen molar-refractivity contribution in [3.8, 4) is 0 Å². The predicted octanol–water partition coefficient (Wildman–Crippen LogP) is -0.254. The molecule has 0 fully saturated rings. The van der Waals surface area contributed by atoms with Crippen molar-refractivity contribution in [2.75, 3.05) is 18.5 Å². The molecule has 1 aromatic rings. The fraction of sp³-hybridized carbons (Fsp3) is 0.273. The average Bonchev–Trinajstić information content (AvgIpc) is 2.42. The van der Waals surface area contributed by atoms with Crippen LogP contribution in [0, 0.1) is 10.1 Å². The average molecular weight is 281 g/mol. The van der Waals surface area contributed by atoms with Crippen LogP contribution in [0.4, 0.5) is 11.4 Å². The molecule has 0 heterocycles. The number of nitro groups is 1. The number of non-ortho nitro benzene ring substituents is 1. The maximum absolute atomic E-state index is 11.9. The number of nitrogens with two attached hydrogens (primary N) is 1. The van der Waals surface area contributed by atoms with Gasteiger partial charge in [-0.15, -0.1) is 0 Å². The van der Waals surface area contributed by atoms with Crippen molar-refractivity contribution in [3.63, 3.8) is 0 Å². The Hall–Kier alpha value is -2.68. The lowest BCUT2D eigenvalue weighted by Gasteiger charge is -2.09. The highest BCUT2D eigenvalue weighted by Gasteiger charge is 2.15. The second-order valence-electron chi connectivity index (χ2n) is 3.87. The SMILES string of the molecule is CC(=O)NCCNC(=O)c1cc([N+](=O)[O-])ccc1NN. The van der Waals surface area contributed by atoms with E-state index in [-0.39, 0.29) is 35.9 Å². The lowest BCUT2D eigenvalue weighted by atomic mass is 10.1. The van der Waals surface area contributed by atoms with Gasteiger partial charge in [0.1, 0.15) is 0 Å². The van der Waals surface area contributed by atoms with Crippen LogP contribution in [0.25, 0.3) is 0 Å². The maximum atomic E-state index is 11.9. The number of anilines is 1. The van der Waals surface area contributed by atoms with Crippen molar-refractivity contribution in [2.45, 2.75) is 6.92 Å². The quantitative estimate of drug-likeness (QED) is 0.245. The molecule has 0 aliphatic rings. The van der Waals surface area contributed by atoms with E-state index in [1.165, 1.54) is 19.1 Å². The number of nitro benzene ring substituents is 1. The van der Waals surface area contributed by atoms with Crippen LogP contribution in [0.2, 0.25) is 0 Å². The Morgan fingerprint density at radius 2 is 1.95 bits per heavy atom. The van der Waals surface area contributed by atoms with Gasteiger partial charge in [0.05, 0.1) is 16.2 Å². The highest BCUT2D eigenvalue weighted by Crippen LogP contribution is 2.21. The van der Waals surface area contributed by atoms with Gasteiger partial charge in [0.15, 0.2) is 0 Å². The van der Waals surface area contributed by atoms with E-state index in [1.807, 2.05) is 0 Å². The van der Waals surface area contributed by atoms with Crippen LogP contribution in [0.5, 0.6) is 0 Å². The zero-order valence-corrected chi connectivity index (χ0v) is 10.8. The van der Waals surface area contributed by atoms with Gasteiger partial charge in [-0.3, -0.25) is 25.5 Å². The monoisotopic (exact) mass is 281 g/mol. The van der Waals surface area contributed by atoms with Gasteiger partial charge in [-0.1, -0.05) is 0 Å². The van der Waals surface area contributed by atoms with E-state index >= 15 is 0 Å². The van der Waals surface area contributed by atoms with Crippen molar-refractivity contribution in [1.29, 1.82) is 0 Å². The molecule has 0 bridgehead atoms. The molecular weight excluding hydrogens is 266 g/mol. The van der Waals surface area contributed by atoms with E-state index in [2.05, 4.69) is 16.1 Å². The Balaban J connectivity index is 2.77. The largest absolute Gasteiger partial charge is 0.355 e. The minimum Gasteiger partial charge on any atom is -0.355 e. The third-order valence-corrected chi connectivity index (χ3v) is 2.40. The third-order valence-electron chi connectivity index (χ3n) is 2.40. The summed E-state index contributed by atoms with van der Waals surface area (Å²) in [5, 5.41) is 15.7. The highest BCUT2D eigenvalue weighted by molar-refractivity contribution is 6.00. The van der Waals surface area contributed by atoms with Gasteiger partial charge >= 0.3 is 0 Å². The summed E-state index contributed by atoms with van der Waals surface area (Å²) < 4.78 is 0. The maximum Gasteiger partial charge on any atom is 0.270 e. The zero-order valence-electron chi connectivity index (χ0n) is 10.8. The number of carbonyl (C=O) groups excluding carboxylic acids is 2. The summed E-state index contributed by atoms with van der Waals surface area (Å²) in [4.78, 5) is 32.6. The van der Waals surface area contributed by atoms with E-state index in [0.29, 0.717) is 0 Å². The minimum absolute atomic E-state index is 0.0597. The summed E-state index contributed by atoms with van der Waals surface area (Å²) in [7, 11) is 0. The van der Waals surface area contributed by atoms with Crippen molar-refractivity contribution in [3.05, 3.63) is 33.9 Å². The van der Waals surface area contributed by atoms with E-state index in [1.54, 1.807) is 0 Å². The zero-order chi connectivity index (χ0) is 15.1. The fourth-order valence-corrected chi connectivity index (χ4v) is 1.47. The van der Waals surface area contributed by atoms with Crippen LogP contribution in [0.15, 0.2) is 18.2 Å². The molecule has 0 unspecified atom stereocenters. The topological polar surface area (TPSA) is 139 Å². The standard InChI is InChI=1S/C11H15N5O4/c1-7(17)13-4-5-14-11(18)9-6-8(16(19)20)2-3-10(9)15-12/h2-3,6,15H,4-5,12H2,1H3,(H,13,17)(H,14,18). The van der Waals surface area contributed by atoms with Crippen LogP contribution in [0.3, 0.4) is 0 Å². The molecule has 1 rings (SSSR count). The molecular formula is C11H15N5O4. The van der Waals surface area contributed by atoms with Gasteiger partial charge in [-0.25, -0.2) is 0 Å². The molecule has 0 aromatic heterocycles. The Bertz CT molecular complexity index is 532. The van der Waals surface area contributed by atoms with E-state index in [0.717, 1.165) is 6.07 Å². The predicted molar refractivity (Wildman–Crippen MR) is 71.9 cm³/mol. The summed E-state index contributed by atoms with van der Waals surface area (Å²) >= 11 is 0. The molecule has 0 aliphatic carbocycles. The van der Waals surface area contributed by atoms with E-state index in [9.17, 15) is 19.7 Å². The van der Waals surface area contributed by atoms with Gasteiger partial charge in [-0.2, -0.15) is 0 Å². The third kappa shape index (κ3) is 4.21. The van der Waals surface area contributed by atoms with Crippen molar-refractivity contribution in [1.82, 2.24) is 10.6 Å². The first-order valence-corrected chi connectivity index (χ1v) is 5.73. The van der Waals surface area contributed by atoms with E-state index < -0.39 is 10.8 Å². The molecule has 108 valence electrons. The number of hydrazine groups is 1. The first-order valence-electron chi connectivity index (χ1n) is 5.73. The fourth-order valence-electron chi connectivity index (χ4n) is 1.47. The Labute approximate surface area is 114 Å². The number of nitrogens with zero attached hydrogens (tertiary/aromatic N) is 1. The molecule has 0 saturated heterocycles. The number of nitrogen functional groups attached to an aromatic ring is 1. The summed E-state index contributed by atoms with van der Waals surface area (Å²) in [5.41, 5.74) is 2.42. The van der Waals surface area contributed by atoms with Crippen molar-refractivity contribution in [2.24, 2.45) is 5.84 Å². The molecule has 0 aliphatic heterocycles. The van der Waals surface area contributed by atoms with Crippen LogP contribution >= 0.6 is 0 Å². The lowest BCUT2D eigenvalue weighted by Crippen LogP contribution is -2.34. The summed E-state index contributed by atoms with van der Waals surface area (Å²) in [5.74, 6) is 4.52. The number of benzene rings is 1. The number of rotatable bonds is 6. The molecule has 9 nitrogen and oxygen atoms in total. The second-order valence-corrected chi connectivity index (χ2v) is 3.87. The highest BCUT2D eigenvalue weighted by atomic mass is 16.6. The summed E-state index contributed by atoms with van der Waals surface area (Å²) in [6.07, 6.45) is 0. The van der Waals surface area contributed by atoms with Crippen LogP contribution < -0.4 is 21.9 Å². The van der Waals surface area contributed by atoms with Gasteiger partial charge in [-0.05, 0) is 6.07 Å². The van der Waals surface area contributed by atoms with Crippen LogP contribution in [-0.2, 0) is 4.79 Å². The van der Waals surface area contributed by atoms with Gasteiger partial charge in [0.25, 0.3) is 11.6 Å². The number of hydrogen-bond acceptors (Lipinski definition) is 6.